The molecule has 40 heavy (non-hydrogen) atoms. The van der Waals surface area contributed by atoms with Gasteiger partial charge < -0.3 is 10.2 Å². The van der Waals surface area contributed by atoms with E-state index in [2.05, 4.69) is 21.2 Å². The van der Waals surface area contributed by atoms with Gasteiger partial charge in [0.1, 0.15) is 6.04 Å². The maximum absolute atomic E-state index is 13.8. The van der Waals surface area contributed by atoms with E-state index in [4.69, 9.17) is 0 Å². The normalized spacial score (nSPS) is 14.3. The molecule has 1 atom stereocenters. The number of amides is 2. The van der Waals surface area contributed by atoms with Gasteiger partial charge in [-0.1, -0.05) is 89.8 Å². The van der Waals surface area contributed by atoms with Gasteiger partial charge in [-0.3, -0.25) is 19.7 Å². The molecule has 0 heterocycles. The second-order valence-corrected chi connectivity index (χ2v) is 12.0. The summed E-state index contributed by atoms with van der Waals surface area (Å²) in [6.45, 7) is 0.311. The van der Waals surface area contributed by atoms with Gasteiger partial charge in [0.05, 0.1) is 10.7 Å². The molecule has 9 heteroatoms. The third-order valence-electron chi connectivity index (χ3n) is 7.11. The number of nitro benzene ring substituents is 1. The Morgan fingerprint density at radius 1 is 0.950 bits per heavy atom. The van der Waals surface area contributed by atoms with E-state index in [1.807, 2.05) is 54.6 Å². The van der Waals surface area contributed by atoms with Crippen LogP contribution in [-0.4, -0.2) is 39.5 Å². The maximum Gasteiger partial charge on any atom is 0.269 e. The van der Waals surface area contributed by atoms with Crippen molar-refractivity contribution < 1.29 is 14.5 Å². The van der Waals surface area contributed by atoms with Crippen LogP contribution in [0.25, 0.3) is 0 Å². The minimum Gasteiger partial charge on any atom is -0.352 e. The lowest BCUT2D eigenvalue weighted by Gasteiger charge is -2.33. The Morgan fingerprint density at radius 3 is 2.33 bits per heavy atom. The Balaban J connectivity index is 1.54. The summed E-state index contributed by atoms with van der Waals surface area (Å²) in [5.41, 5.74) is 2.87. The number of hydrogen-bond acceptors (Lipinski definition) is 5. The summed E-state index contributed by atoms with van der Waals surface area (Å²) in [6.07, 6.45) is 5.76. The fraction of sp³-hybridized carbons (Fsp3) is 0.355. The second kappa shape index (κ2) is 15.0. The fourth-order valence-electron chi connectivity index (χ4n) is 4.98. The maximum atomic E-state index is 13.8. The van der Waals surface area contributed by atoms with Crippen LogP contribution < -0.4 is 5.32 Å². The van der Waals surface area contributed by atoms with Crippen LogP contribution in [0.5, 0.6) is 0 Å². The number of rotatable bonds is 12. The Morgan fingerprint density at radius 2 is 1.65 bits per heavy atom. The van der Waals surface area contributed by atoms with E-state index >= 15 is 0 Å². The van der Waals surface area contributed by atoms with Crippen molar-refractivity contribution in [2.75, 3.05) is 5.75 Å². The van der Waals surface area contributed by atoms with Crippen LogP contribution in [0.3, 0.4) is 0 Å². The van der Waals surface area contributed by atoms with Crippen LogP contribution >= 0.6 is 27.7 Å². The monoisotopic (exact) mass is 623 g/mol. The largest absolute Gasteiger partial charge is 0.352 e. The first-order chi connectivity index (χ1) is 19.4. The summed E-state index contributed by atoms with van der Waals surface area (Å²) in [7, 11) is 0. The Hall–Kier alpha value is -3.17. The van der Waals surface area contributed by atoms with Crippen LogP contribution in [0.15, 0.2) is 83.3 Å². The van der Waals surface area contributed by atoms with Gasteiger partial charge in [-0.2, -0.15) is 0 Å². The second-order valence-electron chi connectivity index (χ2n) is 10.1. The number of nitrogens with one attached hydrogen (secondary N) is 1. The molecule has 0 bridgehead atoms. The van der Waals surface area contributed by atoms with Gasteiger partial charge in [0.2, 0.25) is 11.8 Å². The SMILES string of the molecule is O=C(NC1CCCCC1)C(Cc1ccccc1)N(Cc1cccc(Br)c1)C(=O)CSCc1ccc([N+](=O)[O-])cc1. The molecule has 1 unspecified atom stereocenters. The van der Waals surface area contributed by atoms with Crippen molar-refractivity contribution in [3.8, 4) is 0 Å². The summed E-state index contributed by atoms with van der Waals surface area (Å²) < 4.78 is 0.913. The summed E-state index contributed by atoms with van der Waals surface area (Å²) in [4.78, 5) is 39.9. The van der Waals surface area contributed by atoms with Crippen molar-refractivity contribution in [3.05, 3.63) is 110 Å². The number of non-ortho nitro benzene ring substituents is 1. The van der Waals surface area contributed by atoms with Crippen molar-refractivity contribution >= 4 is 45.2 Å². The zero-order valence-corrected chi connectivity index (χ0v) is 24.7. The molecule has 210 valence electrons. The molecule has 0 spiro atoms. The molecule has 1 saturated carbocycles. The molecular formula is C31H34BrN3O4S. The van der Waals surface area contributed by atoms with Crippen molar-refractivity contribution in [1.82, 2.24) is 10.2 Å². The number of halogens is 1. The van der Waals surface area contributed by atoms with Gasteiger partial charge in [-0.05, 0) is 41.7 Å². The van der Waals surface area contributed by atoms with Crippen molar-refractivity contribution in [2.24, 2.45) is 0 Å². The van der Waals surface area contributed by atoms with Crippen molar-refractivity contribution in [3.63, 3.8) is 0 Å². The predicted octanol–water partition coefficient (Wildman–Crippen LogP) is 6.68. The topological polar surface area (TPSA) is 92.6 Å². The lowest BCUT2D eigenvalue weighted by atomic mass is 9.94. The van der Waals surface area contributed by atoms with Crippen LogP contribution in [0, 0.1) is 10.1 Å². The van der Waals surface area contributed by atoms with E-state index in [1.54, 1.807) is 17.0 Å². The molecule has 4 rings (SSSR count). The average Bonchev–Trinajstić information content (AvgIpc) is 2.96. The Labute approximate surface area is 248 Å². The molecule has 2 amide bonds. The molecule has 3 aromatic carbocycles. The zero-order chi connectivity index (χ0) is 28.3. The first-order valence-corrected chi connectivity index (χ1v) is 15.5. The minimum absolute atomic E-state index is 0.0396. The smallest absolute Gasteiger partial charge is 0.269 e. The molecule has 1 N–H and O–H groups in total. The number of carbonyl (C=O) groups is 2. The molecule has 1 aliphatic carbocycles. The highest BCUT2D eigenvalue weighted by Crippen LogP contribution is 2.23. The van der Waals surface area contributed by atoms with Gasteiger partial charge in [0, 0.05) is 41.4 Å². The van der Waals surface area contributed by atoms with Crippen molar-refractivity contribution in [1.29, 1.82) is 0 Å². The first-order valence-electron chi connectivity index (χ1n) is 13.6. The van der Waals surface area contributed by atoms with Crippen LogP contribution in [0.1, 0.15) is 48.8 Å². The fourth-order valence-corrected chi connectivity index (χ4v) is 6.30. The summed E-state index contributed by atoms with van der Waals surface area (Å²) in [5.74, 6) is 0.491. The highest BCUT2D eigenvalue weighted by atomic mass is 79.9. The number of thioether (sulfide) groups is 1. The summed E-state index contributed by atoms with van der Waals surface area (Å²) in [6, 6.07) is 23.5. The minimum atomic E-state index is -0.657. The van der Waals surface area contributed by atoms with Gasteiger partial charge in [-0.15, -0.1) is 11.8 Å². The van der Waals surface area contributed by atoms with E-state index in [1.165, 1.54) is 30.3 Å². The quantitative estimate of drug-likeness (QED) is 0.179. The van der Waals surface area contributed by atoms with Crippen LogP contribution in [0.4, 0.5) is 5.69 Å². The number of benzene rings is 3. The van der Waals surface area contributed by atoms with E-state index < -0.39 is 11.0 Å². The highest BCUT2D eigenvalue weighted by Gasteiger charge is 2.31. The van der Waals surface area contributed by atoms with Crippen molar-refractivity contribution in [2.45, 2.75) is 62.9 Å². The molecule has 7 nitrogen and oxygen atoms in total. The Bertz CT molecular complexity index is 1280. The van der Waals surface area contributed by atoms with E-state index in [0.717, 1.165) is 46.8 Å². The number of nitro groups is 1. The van der Waals surface area contributed by atoms with Crippen LogP contribution in [-0.2, 0) is 28.3 Å². The Kier molecular flexibility index (Phi) is 11.2. The lowest BCUT2D eigenvalue weighted by Crippen LogP contribution is -2.53. The molecule has 0 aliphatic heterocycles. The predicted molar refractivity (Wildman–Crippen MR) is 163 cm³/mol. The van der Waals surface area contributed by atoms with E-state index in [9.17, 15) is 19.7 Å². The van der Waals surface area contributed by atoms with Gasteiger partial charge in [-0.25, -0.2) is 0 Å². The lowest BCUT2D eigenvalue weighted by molar-refractivity contribution is -0.384. The standard InChI is InChI=1S/C31H34BrN3O4S/c32-26-11-7-10-25(18-26)20-34(30(36)22-40-21-24-14-16-28(17-15-24)35(38)39)29(19-23-8-3-1-4-9-23)31(37)33-27-12-5-2-6-13-27/h1,3-4,7-11,14-18,27,29H,2,5-6,12-13,19-22H2,(H,33,37). The summed E-state index contributed by atoms with van der Waals surface area (Å²) in [5, 5.41) is 14.2. The van der Waals surface area contributed by atoms with E-state index in [0.29, 0.717) is 18.7 Å². The molecule has 0 aromatic heterocycles. The van der Waals surface area contributed by atoms with Gasteiger partial charge in [0.15, 0.2) is 0 Å². The number of nitrogens with zero attached hydrogens (tertiary/aromatic N) is 2. The molecule has 1 fully saturated rings. The third kappa shape index (κ3) is 8.93. The molecule has 0 radical (unpaired) electrons. The van der Waals surface area contributed by atoms with Gasteiger partial charge >= 0.3 is 0 Å². The molecule has 3 aromatic rings. The zero-order valence-electron chi connectivity index (χ0n) is 22.3. The van der Waals surface area contributed by atoms with Gasteiger partial charge in [0.25, 0.3) is 5.69 Å². The molecular weight excluding hydrogens is 590 g/mol. The van der Waals surface area contributed by atoms with E-state index in [-0.39, 0.29) is 29.3 Å². The third-order valence-corrected chi connectivity index (χ3v) is 8.59. The first kappa shape index (κ1) is 29.8. The number of carbonyl (C=O) groups excluding carboxylic acids is 2. The molecule has 0 saturated heterocycles. The van der Waals surface area contributed by atoms with Crippen LogP contribution in [0.2, 0.25) is 0 Å². The molecule has 1 aliphatic rings. The number of hydrogen-bond donors (Lipinski definition) is 1. The highest BCUT2D eigenvalue weighted by molar-refractivity contribution is 9.10. The summed E-state index contributed by atoms with van der Waals surface area (Å²) >= 11 is 4.97. The average molecular weight is 625 g/mol.